The van der Waals surface area contributed by atoms with Crippen LogP contribution >= 0.6 is 35.3 Å². The number of carbonyl (C=O) groups excluding carboxylic acids is 1. The summed E-state index contributed by atoms with van der Waals surface area (Å²) in [6.07, 6.45) is 2.92. The van der Waals surface area contributed by atoms with Gasteiger partial charge < -0.3 is 26.0 Å². The fourth-order valence-electron chi connectivity index (χ4n) is 3.43. The van der Waals surface area contributed by atoms with E-state index < -0.39 is 0 Å². The van der Waals surface area contributed by atoms with Gasteiger partial charge in [0.05, 0.1) is 5.00 Å². The van der Waals surface area contributed by atoms with E-state index in [1.165, 1.54) is 11.1 Å². The molecule has 0 saturated carbocycles. The lowest BCUT2D eigenvalue weighted by Crippen LogP contribution is -2.48. The summed E-state index contributed by atoms with van der Waals surface area (Å²) in [5.74, 6) is 0.749. The minimum Gasteiger partial charge on any atom is -0.508 e. The lowest BCUT2D eigenvalue weighted by atomic mass is 10.1. The molecule has 9 heteroatoms. The van der Waals surface area contributed by atoms with E-state index in [0.29, 0.717) is 24.7 Å². The summed E-state index contributed by atoms with van der Waals surface area (Å²) in [6.45, 7) is 6.15. The van der Waals surface area contributed by atoms with Crippen LogP contribution in [0.1, 0.15) is 36.5 Å². The maximum atomic E-state index is 12.1. The van der Waals surface area contributed by atoms with E-state index in [1.807, 2.05) is 0 Å². The molecule has 1 saturated heterocycles. The Bertz CT molecular complexity index is 823. The Morgan fingerprint density at radius 3 is 2.71 bits per heavy atom. The molecule has 1 aliphatic heterocycles. The van der Waals surface area contributed by atoms with Gasteiger partial charge in [0.1, 0.15) is 5.75 Å². The number of nitrogens with one attached hydrogen (secondary N) is 3. The number of benzene rings is 1. The molecule has 0 unspecified atom stereocenters. The van der Waals surface area contributed by atoms with Crippen LogP contribution in [0.15, 0.2) is 46.8 Å². The van der Waals surface area contributed by atoms with E-state index in [1.54, 1.807) is 29.5 Å². The van der Waals surface area contributed by atoms with Gasteiger partial charge in [-0.05, 0) is 61.9 Å². The Morgan fingerprint density at radius 2 is 2.03 bits per heavy atom. The van der Waals surface area contributed by atoms with Crippen molar-refractivity contribution in [1.82, 2.24) is 16.0 Å². The van der Waals surface area contributed by atoms with E-state index in [4.69, 9.17) is 0 Å². The minimum absolute atomic E-state index is 0. The first-order chi connectivity index (χ1) is 14.7. The predicted molar refractivity (Wildman–Crippen MR) is 139 cm³/mol. The largest absolute Gasteiger partial charge is 0.508 e. The van der Waals surface area contributed by atoms with E-state index in [2.05, 4.69) is 50.3 Å². The molecule has 2 heterocycles. The molecule has 0 spiro atoms. The molecule has 1 aromatic heterocycles. The van der Waals surface area contributed by atoms with Crippen molar-refractivity contribution >= 4 is 52.2 Å². The fraction of sp³-hybridized carbons (Fsp3) is 0.455. The molecule has 2 aromatic rings. The third-order valence-corrected chi connectivity index (χ3v) is 5.93. The third kappa shape index (κ3) is 8.21. The maximum absolute atomic E-state index is 12.1. The van der Waals surface area contributed by atoms with Crippen LogP contribution in [0.25, 0.3) is 0 Å². The number of anilines is 1. The van der Waals surface area contributed by atoms with Crippen molar-refractivity contribution in [1.29, 1.82) is 0 Å². The summed E-state index contributed by atoms with van der Waals surface area (Å²) in [6, 6.07) is 11.1. The average Bonchev–Trinajstić information content (AvgIpc) is 3.29. The first-order valence-corrected chi connectivity index (χ1v) is 11.4. The Hall–Kier alpha value is -2.01. The normalized spacial score (nSPS) is 14.6. The predicted octanol–water partition coefficient (Wildman–Crippen LogP) is 3.42. The number of phenols is 1. The Balaban J connectivity index is 0.00000341. The molecule has 31 heavy (non-hydrogen) atoms. The highest BCUT2D eigenvalue weighted by Gasteiger charge is 2.20. The van der Waals surface area contributed by atoms with Gasteiger partial charge in [-0.25, -0.2) is 0 Å². The van der Waals surface area contributed by atoms with Gasteiger partial charge in [-0.2, -0.15) is 0 Å². The van der Waals surface area contributed by atoms with Crippen LogP contribution < -0.4 is 20.9 Å². The summed E-state index contributed by atoms with van der Waals surface area (Å²) < 4.78 is 0. The smallest absolute Gasteiger partial charge is 0.251 e. The van der Waals surface area contributed by atoms with Gasteiger partial charge in [-0.3, -0.25) is 9.79 Å². The molecule has 3 rings (SSSR count). The summed E-state index contributed by atoms with van der Waals surface area (Å²) in [5.41, 5.74) is 0.461. The number of amides is 1. The van der Waals surface area contributed by atoms with Crippen molar-refractivity contribution < 1.29 is 9.90 Å². The van der Waals surface area contributed by atoms with E-state index in [-0.39, 0.29) is 35.6 Å². The molecular weight excluding hydrogens is 525 g/mol. The van der Waals surface area contributed by atoms with Crippen molar-refractivity contribution in [2.24, 2.45) is 4.99 Å². The molecule has 0 atom stereocenters. The summed E-state index contributed by atoms with van der Waals surface area (Å²) in [4.78, 5) is 19.2. The monoisotopic (exact) mass is 557 g/mol. The molecular formula is C22H32IN5O2S. The Morgan fingerprint density at radius 1 is 1.23 bits per heavy atom. The Labute approximate surface area is 205 Å². The van der Waals surface area contributed by atoms with Crippen LogP contribution in [0, 0.1) is 0 Å². The number of phenolic OH excluding ortho intramolecular Hbond substituents is 1. The van der Waals surface area contributed by atoms with Crippen molar-refractivity contribution in [2.45, 2.75) is 32.2 Å². The van der Waals surface area contributed by atoms with E-state index in [0.717, 1.165) is 44.9 Å². The average molecular weight is 558 g/mol. The molecule has 0 aliphatic carbocycles. The van der Waals surface area contributed by atoms with Crippen LogP contribution in [-0.4, -0.2) is 55.7 Å². The quantitative estimate of drug-likeness (QED) is 0.173. The summed E-state index contributed by atoms with van der Waals surface area (Å²) in [7, 11) is 0. The van der Waals surface area contributed by atoms with Crippen molar-refractivity contribution in [3.05, 3.63) is 47.3 Å². The lowest BCUT2D eigenvalue weighted by molar-refractivity contribution is 0.0953. The first-order valence-electron chi connectivity index (χ1n) is 10.6. The summed E-state index contributed by atoms with van der Waals surface area (Å²) >= 11 is 1.80. The van der Waals surface area contributed by atoms with E-state index in [9.17, 15) is 9.90 Å². The lowest BCUT2D eigenvalue weighted by Gasteiger charge is -2.33. The number of hydrogen-bond donors (Lipinski definition) is 4. The number of carbonyl (C=O) groups is 1. The molecule has 7 nitrogen and oxygen atoms in total. The van der Waals surface area contributed by atoms with Gasteiger partial charge in [0, 0.05) is 44.3 Å². The standard InChI is InChI=1S/C22H31N5O2S.HI/c1-2-23-22(26-18-9-13-27(14-10-18)20-8-4-15-30-20)25-12-5-11-24-21(29)17-6-3-7-19(28)16-17;/h3-4,6-8,15-16,18,28H,2,5,9-14H2,1H3,(H,24,29)(H2,23,25,26);1H. The van der Waals surface area contributed by atoms with Gasteiger partial charge in [0.15, 0.2) is 5.96 Å². The fourth-order valence-corrected chi connectivity index (χ4v) is 4.21. The first kappa shape index (κ1) is 25.3. The van der Waals surface area contributed by atoms with Crippen LogP contribution in [0.3, 0.4) is 0 Å². The second kappa shape index (κ2) is 13.4. The number of nitrogens with zero attached hydrogens (tertiary/aromatic N) is 2. The number of hydrogen-bond acceptors (Lipinski definition) is 5. The SMILES string of the molecule is CCNC(=NCCCNC(=O)c1cccc(O)c1)NC1CCN(c2cccs2)CC1.I. The van der Waals surface area contributed by atoms with Gasteiger partial charge >= 0.3 is 0 Å². The second-order valence-corrected chi connectivity index (χ2v) is 8.20. The van der Waals surface area contributed by atoms with Crippen molar-refractivity contribution in [3.63, 3.8) is 0 Å². The highest BCUT2D eigenvalue weighted by atomic mass is 127. The zero-order valence-electron chi connectivity index (χ0n) is 17.8. The number of aliphatic imine (C=N–C) groups is 1. The van der Waals surface area contributed by atoms with Crippen LogP contribution in [0.5, 0.6) is 5.75 Å². The highest BCUT2D eigenvalue weighted by Crippen LogP contribution is 2.24. The van der Waals surface area contributed by atoms with Crippen LogP contribution in [-0.2, 0) is 0 Å². The molecule has 0 bridgehead atoms. The second-order valence-electron chi connectivity index (χ2n) is 7.28. The zero-order valence-corrected chi connectivity index (χ0v) is 21.0. The number of thiophene rings is 1. The number of halogens is 1. The van der Waals surface area contributed by atoms with E-state index >= 15 is 0 Å². The van der Waals surface area contributed by atoms with Crippen LogP contribution in [0.4, 0.5) is 5.00 Å². The molecule has 1 fully saturated rings. The molecule has 1 amide bonds. The highest BCUT2D eigenvalue weighted by molar-refractivity contribution is 14.0. The molecule has 4 N–H and O–H groups in total. The topological polar surface area (TPSA) is 89.0 Å². The van der Waals surface area contributed by atoms with Gasteiger partial charge in [0.25, 0.3) is 5.91 Å². The number of guanidine groups is 1. The number of aromatic hydroxyl groups is 1. The van der Waals surface area contributed by atoms with Crippen molar-refractivity contribution in [3.8, 4) is 5.75 Å². The molecule has 170 valence electrons. The summed E-state index contributed by atoms with van der Waals surface area (Å²) in [5, 5.41) is 22.7. The Kier molecular flexibility index (Phi) is 10.9. The molecule has 1 aliphatic rings. The molecule has 1 aromatic carbocycles. The third-order valence-electron chi connectivity index (χ3n) is 5.00. The zero-order chi connectivity index (χ0) is 21.2. The number of piperidine rings is 1. The van der Waals surface area contributed by atoms with Gasteiger partial charge in [-0.1, -0.05) is 6.07 Å². The van der Waals surface area contributed by atoms with Gasteiger partial charge in [-0.15, -0.1) is 35.3 Å². The number of rotatable bonds is 8. The molecule has 0 radical (unpaired) electrons. The minimum atomic E-state index is -0.183. The maximum Gasteiger partial charge on any atom is 0.251 e. The van der Waals surface area contributed by atoms with Crippen molar-refractivity contribution in [2.75, 3.05) is 37.6 Å². The van der Waals surface area contributed by atoms with Crippen LogP contribution in [0.2, 0.25) is 0 Å². The van der Waals surface area contributed by atoms with Gasteiger partial charge in [0.2, 0.25) is 0 Å².